The molecule has 1 saturated heterocycles. The van der Waals surface area contributed by atoms with Gasteiger partial charge in [-0.2, -0.15) is 0 Å². The van der Waals surface area contributed by atoms with E-state index in [-0.39, 0.29) is 30.2 Å². The Morgan fingerprint density at radius 2 is 1.83 bits per heavy atom. The fraction of sp³-hybridized carbons (Fsp3) is 0.276. The van der Waals surface area contributed by atoms with E-state index < -0.39 is 11.6 Å². The van der Waals surface area contributed by atoms with Crippen molar-refractivity contribution >= 4 is 17.9 Å². The molecule has 0 saturated carbocycles. The summed E-state index contributed by atoms with van der Waals surface area (Å²) in [5.41, 5.74) is 1.76. The Morgan fingerprint density at radius 3 is 2.50 bits per heavy atom. The van der Waals surface area contributed by atoms with Crippen LogP contribution in [-0.4, -0.2) is 52.8 Å². The number of pyridine rings is 1. The number of likely N-dealkylation sites (tertiary alicyclic amines) is 1. The van der Waals surface area contributed by atoms with E-state index in [2.05, 4.69) is 4.98 Å². The molecule has 186 valence electrons. The molecule has 1 aliphatic rings. The van der Waals surface area contributed by atoms with Crippen molar-refractivity contribution in [2.24, 2.45) is 5.92 Å². The molecule has 0 radical (unpaired) electrons. The number of rotatable bonds is 7. The maximum absolute atomic E-state index is 14.5. The first kappa shape index (κ1) is 25.2. The first-order chi connectivity index (χ1) is 17.4. The number of halogens is 2. The maximum Gasteiger partial charge on any atom is 0.255 e. The van der Waals surface area contributed by atoms with Gasteiger partial charge < -0.3 is 9.80 Å². The van der Waals surface area contributed by atoms with Crippen molar-refractivity contribution in [1.82, 2.24) is 14.8 Å². The summed E-state index contributed by atoms with van der Waals surface area (Å²) in [6.45, 7) is 1.08. The van der Waals surface area contributed by atoms with Crippen molar-refractivity contribution < 1.29 is 18.4 Å². The van der Waals surface area contributed by atoms with E-state index in [0.717, 1.165) is 11.6 Å². The van der Waals surface area contributed by atoms with Gasteiger partial charge in [0.25, 0.3) is 5.91 Å². The van der Waals surface area contributed by atoms with Crippen LogP contribution in [0.2, 0.25) is 0 Å². The Labute approximate surface area is 210 Å². The number of carbonyl (C=O) groups excluding carboxylic acids is 2. The molecule has 1 atom stereocenters. The second-order valence-corrected chi connectivity index (χ2v) is 9.07. The van der Waals surface area contributed by atoms with Gasteiger partial charge in [0.05, 0.1) is 5.56 Å². The molecular formula is C29H29F2N3O2. The lowest BCUT2D eigenvalue weighted by molar-refractivity contribution is -0.127. The summed E-state index contributed by atoms with van der Waals surface area (Å²) in [7, 11) is 1.71. The van der Waals surface area contributed by atoms with E-state index in [1.165, 1.54) is 18.3 Å². The summed E-state index contributed by atoms with van der Waals surface area (Å²) < 4.78 is 28.0. The Balaban J connectivity index is 1.48. The molecule has 0 bridgehead atoms. The zero-order chi connectivity index (χ0) is 25.5. The summed E-state index contributed by atoms with van der Waals surface area (Å²) in [6.07, 6.45) is 8.08. The number of nitrogens with zero attached hydrogens (tertiary/aromatic N) is 3. The SMILES string of the molecule is CN(C(=O)c1cccnc1)C(Cc1ccc(F)cc1F)C1CCN(C(=O)C=Cc2ccccc2)CC1. The van der Waals surface area contributed by atoms with E-state index in [1.54, 1.807) is 47.3 Å². The lowest BCUT2D eigenvalue weighted by Crippen LogP contribution is -2.48. The number of likely N-dealkylation sites (N-methyl/N-ethyl adjacent to an activating group) is 1. The molecule has 0 aliphatic carbocycles. The molecule has 0 spiro atoms. The summed E-state index contributed by atoms with van der Waals surface area (Å²) in [4.78, 5) is 33.4. The van der Waals surface area contributed by atoms with E-state index in [1.807, 2.05) is 30.3 Å². The average molecular weight is 490 g/mol. The maximum atomic E-state index is 14.5. The number of amides is 2. The summed E-state index contributed by atoms with van der Waals surface area (Å²) in [5, 5.41) is 0. The predicted molar refractivity (Wildman–Crippen MR) is 135 cm³/mol. The van der Waals surface area contributed by atoms with Crippen LogP contribution in [0.25, 0.3) is 6.08 Å². The highest BCUT2D eigenvalue weighted by molar-refractivity contribution is 5.94. The molecule has 1 aliphatic heterocycles. The fourth-order valence-corrected chi connectivity index (χ4v) is 4.72. The second-order valence-electron chi connectivity index (χ2n) is 9.07. The third-order valence-electron chi connectivity index (χ3n) is 6.78. The Hall–Kier alpha value is -3.87. The van der Waals surface area contributed by atoms with Crippen LogP contribution in [0.4, 0.5) is 8.78 Å². The highest BCUT2D eigenvalue weighted by Gasteiger charge is 2.33. The molecule has 36 heavy (non-hydrogen) atoms. The summed E-state index contributed by atoms with van der Waals surface area (Å²) >= 11 is 0. The smallest absolute Gasteiger partial charge is 0.255 e. The first-order valence-electron chi connectivity index (χ1n) is 12.1. The normalized spacial score (nSPS) is 15.1. The van der Waals surface area contributed by atoms with Crippen LogP contribution >= 0.6 is 0 Å². The molecule has 1 fully saturated rings. The second kappa shape index (κ2) is 11.7. The molecule has 1 unspecified atom stereocenters. The predicted octanol–water partition coefficient (Wildman–Crippen LogP) is 5.00. The molecule has 2 heterocycles. The Bertz CT molecular complexity index is 1210. The van der Waals surface area contributed by atoms with Crippen LogP contribution in [0.15, 0.2) is 79.1 Å². The number of hydrogen-bond acceptors (Lipinski definition) is 3. The van der Waals surface area contributed by atoms with Gasteiger partial charge in [-0.1, -0.05) is 36.4 Å². The van der Waals surface area contributed by atoms with Gasteiger partial charge in [-0.3, -0.25) is 14.6 Å². The van der Waals surface area contributed by atoms with Crippen molar-refractivity contribution in [2.75, 3.05) is 20.1 Å². The Morgan fingerprint density at radius 1 is 1.08 bits per heavy atom. The molecule has 1 aromatic heterocycles. The van der Waals surface area contributed by atoms with Crippen molar-refractivity contribution in [3.8, 4) is 0 Å². The van der Waals surface area contributed by atoms with E-state index in [9.17, 15) is 18.4 Å². The van der Waals surface area contributed by atoms with E-state index in [0.29, 0.717) is 37.1 Å². The molecule has 5 nitrogen and oxygen atoms in total. The third kappa shape index (κ3) is 6.22. The molecule has 3 aromatic rings. The number of hydrogen-bond donors (Lipinski definition) is 0. The largest absolute Gasteiger partial charge is 0.339 e. The van der Waals surface area contributed by atoms with Crippen LogP contribution < -0.4 is 0 Å². The standard InChI is InChI=1S/C29H29F2N3O2/c1-33(29(36)24-8-5-15-32-20-24)27(18-23-10-11-25(30)19-26(23)31)22-13-16-34(17-14-22)28(35)12-9-21-6-3-2-4-7-21/h2-12,15,19-20,22,27H,13-14,16-18H2,1H3. The summed E-state index contributed by atoms with van der Waals surface area (Å²) in [5.74, 6) is -1.48. The summed E-state index contributed by atoms with van der Waals surface area (Å²) in [6, 6.07) is 16.2. The van der Waals surface area contributed by atoms with Crippen LogP contribution in [0, 0.1) is 17.6 Å². The van der Waals surface area contributed by atoms with Crippen molar-refractivity contribution in [2.45, 2.75) is 25.3 Å². The van der Waals surface area contributed by atoms with Crippen molar-refractivity contribution in [3.05, 3.63) is 107 Å². The van der Waals surface area contributed by atoms with E-state index in [4.69, 9.17) is 0 Å². The molecule has 4 rings (SSSR count). The van der Waals surface area contributed by atoms with Gasteiger partial charge in [-0.15, -0.1) is 0 Å². The zero-order valence-corrected chi connectivity index (χ0v) is 20.2. The number of aromatic nitrogens is 1. The van der Waals surface area contributed by atoms with Crippen LogP contribution in [0.3, 0.4) is 0 Å². The fourth-order valence-electron chi connectivity index (χ4n) is 4.72. The molecule has 2 amide bonds. The Kier molecular flexibility index (Phi) is 8.21. The molecule has 0 N–H and O–H groups in total. The van der Waals surface area contributed by atoms with Gasteiger partial charge in [0, 0.05) is 50.7 Å². The average Bonchev–Trinajstić information content (AvgIpc) is 2.92. The number of benzene rings is 2. The van der Waals surface area contributed by atoms with Gasteiger partial charge in [0.1, 0.15) is 11.6 Å². The monoisotopic (exact) mass is 489 g/mol. The lowest BCUT2D eigenvalue weighted by atomic mass is 9.84. The van der Waals surface area contributed by atoms with Gasteiger partial charge in [-0.25, -0.2) is 8.78 Å². The van der Waals surface area contributed by atoms with Gasteiger partial charge in [-0.05, 0) is 60.6 Å². The van der Waals surface area contributed by atoms with Crippen molar-refractivity contribution in [3.63, 3.8) is 0 Å². The number of carbonyl (C=O) groups is 2. The minimum atomic E-state index is -0.636. The van der Waals surface area contributed by atoms with Crippen LogP contribution in [0.1, 0.15) is 34.3 Å². The topological polar surface area (TPSA) is 53.5 Å². The van der Waals surface area contributed by atoms with Gasteiger partial charge in [0.2, 0.25) is 5.91 Å². The molecule has 2 aromatic carbocycles. The first-order valence-corrected chi connectivity index (χ1v) is 12.1. The quantitative estimate of drug-likeness (QED) is 0.439. The molecule has 7 heteroatoms. The minimum absolute atomic E-state index is 0.0437. The zero-order valence-electron chi connectivity index (χ0n) is 20.2. The van der Waals surface area contributed by atoms with E-state index >= 15 is 0 Å². The van der Waals surface area contributed by atoms with Gasteiger partial charge in [0.15, 0.2) is 0 Å². The highest BCUT2D eigenvalue weighted by atomic mass is 19.1. The minimum Gasteiger partial charge on any atom is -0.339 e. The van der Waals surface area contributed by atoms with Gasteiger partial charge >= 0.3 is 0 Å². The van der Waals surface area contributed by atoms with Crippen molar-refractivity contribution in [1.29, 1.82) is 0 Å². The van der Waals surface area contributed by atoms with Crippen LogP contribution in [0.5, 0.6) is 0 Å². The number of piperidine rings is 1. The van der Waals surface area contributed by atoms with Crippen LogP contribution in [-0.2, 0) is 11.2 Å². The highest BCUT2D eigenvalue weighted by Crippen LogP contribution is 2.28. The lowest BCUT2D eigenvalue weighted by Gasteiger charge is -2.40. The third-order valence-corrected chi connectivity index (χ3v) is 6.78. The molecular weight excluding hydrogens is 460 g/mol.